The minimum atomic E-state index is 1.05. The summed E-state index contributed by atoms with van der Waals surface area (Å²) in [6.45, 7) is 8.23. The maximum Gasteiger partial charge on any atom is 0.131 e. The van der Waals surface area contributed by atoms with Crippen molar-refractivity contribution in [3.05, 3.63) is 34.5 Å². The normalized spacial score (nSPS) is 16.9. The summed E-state index contributed by atoms with van der Waals surface area (Å²) in [5.74, 6) is 1.12. The predicted molar refractivity (Wildman–Crippen MR) is 67.3 cm³/mol. The number of hydrogen-bond acceptors (Lipinski definition) is 2. The molecule has 0 bridgehead atoms. The summed E-state index contributed by atoms with van der Waals surface area (Å²) < 4.78 is 1.05. The summed E-state index contributed by atoms with van der Waals surface area (Å²) in [6.07, 6.45) is 4.06. The molecule has 0 spiro atoms. The molecule has 1 saturated heterocycles. The third kappa shape index (κ3) is 2.40. The van der Waals surface area contributed by atoms with E-state index in [9.17, 15) is 0 Å². The van der Waals surface area contributed by atoms with Crippen LogP contribution in [0.4, 0.5) is 5.82 Å². The predicted octanol–water partition coefficient (Wildman–Crippen LogP) is 3.31. The standard InChI is InChI=1S/C12H15BrN2/c1-9-3-5-15(6-4-9)12-10(2)7-11(13)8-14-12/h7-8H,1,3-6H2,2H3. The second-order valence-electron chi connectivity index (χ2n) is 4.03. The van der Waals surface area contributed by atoms with Crippen LogP contribution in [0.2, 0.25) is 0 Å². The van der Waals surface area contributed by atoms with Gasteiger partial charge in [-0.05, 0) is 47.3 Å². The summed E-state index contributed by atoms with van der Waals surface area (Å²) in [7, 11) is 0. The molecule has 1 fully saturated rings. The van der Waals surface area contributed by atoms with Crippen molar-refractivity contribution >= 4 is 21.7 Å². The lowest BCUT2D eigenvalue weighted by molar-refractivity contribution is 0.677. The molecule has 80 valence electrons. The van der Waals surface area contributed by atoms with Crippen molar-refractivity contribution in [3.8, 4) is 0 Å². The van der Waals surface area contributed by atoms with E-state index in [-0.39, 0.29) is 0 Å². The van der Waals surface area contributed by atoms with Crippen molar-refractivity contribution in [1.29, 1.82) is 0 Å². The summed E-state index contributed by atoms with van der Waals surface area (Å²) in [5.41, 5.74) is 2.60. The molecule has 0 amide bonds. The van der Waals surface area contributed by atoms with Crippen molar-refractivity contribution in [2.45, 2.75) is 19.8 Å². The van der Waals surface area contributed by atoms with E-state index in [1.54, 1.807) is 0 Å². The van der Waals surface area contributed by atoms with Gasteiger partial charge in [0.25, 0.3) is 0 Å². The van der Waals surface area contributed by atoms with Gasteiger partial charge in [-0.3, -0.25) is 0 Å². The first-order valence-corrected chi connectivity index (χ1v) is 6.00. The van der Waals surface area contributed by atoms with E-state index < -0.39 is 0 Å². The average molecular weight is 267 g/mol. The molecule has 0 aliphatic carbocycles. The Morgan fingerprint density at radius 2 is 2.07 bits per heavy atom. The third-order valence-corrected chi connectivity index (χ3v) is 3.22. The first-order chi connectivity index (χ1) is 7.16. The van der Waals surface area contributed by atoms with E-state index in [2.05, 4.69) is 45.4 Å². The molecule has 1 aromatic heterocycles. The van der Waals surface area contributed by atoms with Gasteiger partial charge in [0.1, 0.15) is 5.82 Å². The molecule has 0 radical (unpaired) electrons. The Morgan fingerprint density at radius 1 is 1.40 bits per heavy atom. The minimum absolute atomic E-state index is 1.05. The highest BCUT2D eigenvalue weighted by Gasteiger charge is 2.15. The second-order valence-corrected chi connectivity index (χ2v) is 4.95. The Kier molecular flexibility index (Phi) is 3.10. The lowest BCUT2D eigenvalue weighted by atomic mass is 10.1. The van der Waals surface area contributed by atoms with Gasteiger partial charge in [-0.15, -0.1) is 0 Å². The number of aromatic nitrogens is 1. The highest BCUT2D eigenvalue weighted by Crippen LogP contribution is 2.24. The lowest BCUT2D eigenvalue weighted by Crippen LogP contribution is -2.31. The van der Waals surface area contributed by atoms with Crippen LogP contribution >= 0.6 is 15.9 Å². The Labute approximate surface area is 99.1 Å². The van der Waals surface area contributed by atoms with E-state index in [0.717, 1.165) is 36.2 Å². The van der Waals surface area contributed by atoms with Gasteiger partial charge in [0.05, 0.1) is 0 Å². The van der Waals surface area contributed by atoms with Crippen LogP contribution in [0.15, 0.2) is 28.9 Å². The molecule has 2 rings (SSSR count). The van der Waals surface area contributed by atoms with Crippen molar-refractivity contribution in [2.24, 2.45) is 0 Å². The van der Waals surface area contributed by atoms with Gasteiger partial charge in [0, 0.05) is 23.8 Å². The molecule has 0 aromatic carbocycles. The smallest absolute Gasteiger partial charge is 0.131 e. The SMILES string of the molecule is C=C1CCN(c2ncc(Br)cc2C)CC1. The third-order valence-electron chi connectivity index (χ3n) is 2.79. The van der Waals surface area contributed by atoms with Gasteiger partial charge in [-0.1, -0.05) is 12.2 Å². The molecule has 0 atom stereocenters. The number of halogens is 1. The van der Waals surface area contributed by atoms with Crippen LogP contribution < -0.4 is 4.90 Å². The van der Waals surface area contributed by atoms with Gasteiger partial charge in [-0.2, -0.15) is 0 Å². The number of rotatable bonds is 1. The monoisotopic (exact) mass is 266 g/mol. The van der Waals surface area contributed by atoms with Gasteiger partial charge in [0.15, 0.2) is 0 Å². The van der Waals surface area contributed by atoms with Crippen LogP contribution in [0.5, 0.6) is 0 Å². The average Bonchev–Trinajstić information content (AvgIpc) is 2.20. The number of hydrogen-bond donors (Lipinski definition) is 0. The summed E-state index contributed by atoms with van der Waals surface area (Å²) in [6, 6.07) is 2.12. The molecule has 15 heavy (non-hydrogen) atoms. The van der Waals surface area contributed by atoms with Gasteiger partial charge in [-0.25, -0.2) is 4.98 Å². The Bertz CT molecular complexity index is 377. The lowest BCUT2D eigenvalue weighted by Gasteiger charge is -2.30. The molecule has 3 heteroatoms. The second kappa shape index (κ2) is 4.35. The molecule has 0 N–H and O–H groups in total. The Balaban J connectivity index is 2.19. The summed E-state index contributed by atoms with van der Waals surface area (Å²) in [4.78, 5) is 6.82. The van der Waals surface area contributed by atoms with Crippen LogP contribution in [0.3, 0.4) is 0 Å². The molecule has 1 aliphatic heterocycles. The maximum atomic E-state index is 4.48. The zero-order chi connectivity index (χ0) is 10.8. The highest BCUT2D eigenvalue weighted by atomic mass is 79.9. The quantitative estimate of drug-likeness (QED) is 0.726. The Hall–Kier alpha value is -0.830. The van der Waals surface area contributed by atoms with Crippen LogP contribution in [-0.4, -0.2) is 18.1 Å². The molecule has 1 aromatic rings. The summed E-state index contributed by atoms with van der Waals surface area (Å²) >= 11 is 3.43. The van der Waals surface area contributed by atoms with Crippen LogP contribution in [0, 0.1) is 6.92 Å². The molecule has 1 aliphatic rings. The highest BCUT2D eigenvalue weighted by molar-refractivity contribution is 9.10. The zero-order valence-corrected chi connectivity index (χ0v) is 10.5. The Morgan fingerprint density at radius 3 is 2.67 bits per heavy atom. The molecular weight excluding hydrogens is 252 g/mol. The zero-order valence-electron chi connectivity index (χ0n) is 8.96. The number of piperidine rings is 1. The topological polar surface area (TPSA) is 16.1 Å². The van der Waals surface area contributed by atoms with Crippen molar-refractivity contribution < 1.29 is 0 Å². The van der Waals surface area contributed by atoms with E-state index in [1.165, 1.54) is 11.1 Å². The van der Waals surface area contributed by atoms with Crippen molar-refractivity contribution in [2.75, 3.05) is 18.0 Å². The van der Waals surface area contributed by atoms with Crippen LogP contribution in [-0.2, 0) is 0 Å². The first-order valence-electron chi connectivity index (χ1n) is 5.20. The fourth-order valence-electron chi connectivity index (χ4n) is 1.90. The largest absolute Gasteiger partial charge is 0.356 e. The number of pyridine rings is 1. The van der Waals surface area contributed by atoms with E-state index in [4.69, 9.17) is 0 Å². The molecule has 0 unspecified atom stereocenters. The first kappa shape index (κ1) is 10.7. The van der Waals surface area contributed by atoms with E-state index in [1.807, 2.05) is 6.20 Å². The fourth-order valence-corrected chi connectivity index (χ4v) is 2.34. The fraction of sp³-hybridized carbons (Fsp3) is 0.417. The number of aryl methyl sites for hydroxylation is 1. The van der Waals surface area contributed by atoms with Crippen molar-refractivity contribution in [3.63, 3.8) is 0 Å². The van der Waals surface area contributed by atoms with Crippen LogP contribution in [0.25, 0.3) is 0 Å². The molecular formula is C12H15BrN2. The molecule has 2 heterocycles. The summed E-state index contributed by atoms with van der Waals surface area (Å²) in [5, 5.41) is 0. The minimum Gasteiger partial charge on any atom is -0.356 e. The van der Waals surface area contributed by atoms with Gasteiger partial charge in [0.2, 0.25) is 0 Å². The van der Waals surface area contributed by atoms with Crippen LogP contribution in [0.1, 0.15) is 18.4 Å². The van der Waals surface area contributed by atoms with Gasteiger partial charge >= 0.3 is 0 Å². The number of anilines is 1. The van der Waals surface area contributed by atoms with Gasteiger partial charge < -0.3 is 4.90 Å². The van der Waals surface area contributed by atoms with E-state index >= 15 is 0 Å². The van der Waals surface area contributed by atoms with E-state index in [0.29, 0.717) is 0 Å². The maximum absolute atomic E-state index is 4.48. The molecule has 2 nitrogen and oxygen atoms in total. The van der Waals surface area contributed by atoms with Crippen molar-refractivity contribution in [1.82, 2.24) is 4.98 Å². The number of nitrogens with zero attached hydrogens (tertiary/aromatic N) is 2. The molecule has 0 saturated carbocycles.